The molecular formula is C15H16N2O4. The zero-order valence-electron chi connectivity index (χ0n) is 12.1. The average Bonchev–Trinajstić information content (AvgIpc) is 2.90. The molecule has 21 heavy (non-hydrogen) atoms. The lowest BCUT2D eigenvalue weighted by Crippen LogP contribution is -2.26. The summed E-state index contributed by atoms with van der Waals surface area (Å²) in [6, 6.07) is 8.10. The fourth-order valence-corrected chi connectivity index (χ4v) is 1.89. The van der Waals surface area contributed by atoms with E-state index in [-0.39, 0.29) is 5.91 Å². The molecule has 0 unspecified atom stereocenters. The van der Waals surface area contributed by atoms with Gasteiger partial charge in [0.2, 0.25) is 0 Å². The van der Waals surface area contributed by atoms with Gasteiger partial charge in [-0.05, 0) is 31.2 Å². The number of hydrogen-bond donors (Lipinski definition) is 0. The van der Waals surface area contributed by atoms with Gasteiger partial charge in [0.15, 0.2) is 0 Å². The number of rotatable bonds is 4. The van der Waals surface area contributed by atoms with Crippen LogP contribution in [0.1, 0.15) is 32.2 Å². The normalized spacial score (nSPS) is 10.2. The molecule has 0 aliphatic carbocycles. The molecule has 6 nitrogen and oxygen atoms in total. The van der Waals surface area contributed by atoms with E-state index in [1.807, 2.05) is 0 Å². The molecule has 0 spiro atoms. The first-order valence-corrected chi connectivity index (χ1v) is 6.37. The zero-order valence-corrected chi connectivity index (χ0v) is 12.1. The molecule has 2 aromatic rings. The van der Waals surface area contributed by atoms with Gasteiger partial charge in [-0.1, -0.05) is 5.16 Å². The van der Waals surface area contributed by atoms with Crippen molar-refractivity contribution in [3.63, 3.8) is 0 Å². The number of aromatic nitrogens is 1. The topological polar surface area (TPSA) is 72.6 Å². The first kappa shape index (κ1) is 14.8. The number of amides is 1. The molecular weight excluding hydrogens is 272 g/mol. The molecule has 0 saturated carbocycles. The van der Waals surface area contributed by atoms with Crippen molar-refractivity contribution in [2.24, 2.45) is 0 Å². The Kier molecular flexibility index (Phi) is 4.37. The highest BCUT2D eigenvalue weighted by Crippen LogP contribution is 2.11. The first-order chi connectivity index (χ1) is 10.0. The van der Waals surface area contributed by atoms with E-state index in [1.54, 1.807) is 44.3 Å². The third-order valence-corrected chi connectivity index (χ3v) is 2.98. The van der Waals surface area contributed by atoms with Gasteiger partial charge in [-0.2, -0.15) is 0 Å². The lowest BCUT2D eigenvalue weighted by Gasteiger charge is -2.15. The minimum absolute atomic E-state index is 0.160. The molecule has 1 aromatic carbocycles. The van der Waals surface area contributed by atoms with Crippen LogP contribution < -0.4 is 0 Å². The van der Waals surface area contributed by atoms with Crippen molar-refractivity contribution in [1.82, 2.24) is 10.1 Å². The maximum absolute atomic E-state index is 12.3. The summed E-state index contributed by atoms with van der Waals surface area (Å²) in [6.07, 6.45) is 0. The smallest absolute Gasteiger partial charge is 0.337 e. The summed E-state index contributed by atoms with van der Waals surface area (Å²) in [5.41, 5.74) is 1.59. The molecule has 0 atom stereocenters. The molecule has 0 radical (unpaired) electrons. The maximum atomic E-state index is 12.3. The van der Waals surface area contributed by atoms with Crippen LogP contribution in [0.25, 0.3) is 0 Å². The van der Waals surface area contributed by atoms with Gasteiger partial charge in [-0.25, -0.2) is 4.79 Å². The summed E-state index contributed by atoms with van der Waals surface area (Å²) < 4.78 is 9.58. The van der Waals surface area contributed by atoms with E-state index in [2.05, 4.69) is 9.89 Å². The van der Waals surface area contributed by atoms with E-state index in [0.717, 1.165) is 0 Å². The Balaban J connectivity index is 2.06. The Morgan fingerprint density at radius 2 is 1.86 bits per heavy atom. The molecule has 110 valence electrons. The highest BCUT2D eigenvalue weighted by atomic mass is 16.5. The van der Waals surface area contributed by atoms with Crippen LogP contribution in [0.3, 0.4) is 0 Å². The first-order valence-electron chi connectivity index (χ1n) is 6.37. The quantitative estimate of drug-likeness (QED) is 0.805. The molecule has 2 rings (SSSR count). The van der Waals surface area contributed by atoms with Crippen LogP contribution in [0.5, 0.6) is 0 Å². The fraction of sp³-hybridized carbons (Fsp3) is 0.267. The number of ether oxygens (including phenoxy) is 1. The van der Waals surface area contributed by atoms with Crippen LogP contribution in [0.2, 0.25) is 0 Å². The minimum Gasteiger partial charge on any atom is -0.465 e. The fourth-order valence-electron chi connectivity index (χ4n) is 1.89. The number of benzene rings is 1. The van der Waals surface area contributed by atoms with E-state index in [9.17, 15) is 9.59 Å². The van der Waals surface area contributed by atoms with Gasteiger partial charge in [0.05, 0.1) is 19.2 Å². The number of aryl methyl sites for hydroxylation is 1. The molecule has 0 aliphatic heterocycles. The highest BCUT2D eigenvalue weighted by Gasteiger charge is 2.14. The number of carbonyl (C=O) groups is 2. The van der Waals surface area contributed by atoms with Crippen molar-refractivity contribution >= 4 is 11.9 Å². The second-order valence-corrected chi connectivity index (χ2v) is 4.66. The lowest BCUT2D eigenvalue weighted by molar-refractivity contribution is 0.0600. The average molecular weight is 288 g/mol. The molecule has 0 saturated heterocycles. The third kappa shape index (κ3) is 3.47. The van der Waals surface area contributed by atoms with Gasteiger partial charge in [0.1, 0.15) is 11.5 Å². The Morgan fingerprint density at radius 3 is 2.38 bits per heavy atom. The SMILES string of the molecule is COC(=O)c1ccc(C(=O)N(C)Cc2cc(C)on2)cc1. The predicted octanol–water partition coefficient (Wildman–Crippen LogP) is 2.04. The second-order valence-electron chi connectivity index (χ2n) is 4.66. The van der Waals surface area contributed by atoms with Gasteiger partial charge in [-0.15, -0.1) is 0 Å². The predicted molar refractivity (Wildman–Crippen MR) is 74.8 cm³/mol. The monoisotopic (exact) mass is 288 g/mol. The van der Waals surface area contributed by atoms with E-state index in [0.29, 0.717) is 29.1 Å². The Bertz CT molecular complexity index is 646. The number of methoxy groups -OCH3 is 1. The van der Waals surface area contributed by atoms with Gasteiger partial charge in [0, 0.05) is 18.7 Å². The molecule has 0 bridgehead atoms. The Morgan fingerprint density at radius 1 is 1.24 bits per heavy atom. The summed E-state index contributed by atoms with van der Waals surface area (Å²) in [6.45, 7) is 2.15. The van der Waals surface area contributed by atoms with Crippen molar-refractivity contribution in [3.05, 3.63) is 52.9 Å². The molecule has 1 heterocycles. The van der Waals surface area contributed by atoms with Crippen molar-refractivity contribution in [3.8, 4) is 0 Å². The molecule has 0 aliphatic rings. The van der Waals surface area contributed by atoms with Crippen LogP contribution >= 0.6 is 0 Å². The summed E-state index contributed by atoms with van der Waals surface area (Å²) in [5, 5.41) is 3.85. The number of carbonyl (C=O) groups excluding carboxylic acids is 2. The van der Waals surface area contributed by atoms with E-state index >= 15 is 0 Å². The van der Waals surface area contributed by atoms with Crippen LogP contribution in [-0.4, -0.2) is 36.1 Å². The van der Waals surface area contributed by atoms with Gasteiger partial charge in [0.25, 0.3) is 5.91 Å². The summed E-state index contributed by atoms with van der Waals surface area (Å²) >= 11 is 0. The lowest BCUT2D eigenvalue weighted by atomic mass is 10.1. The summed E-state index contributed by atoms with van der Waals surface area (Å²) in [5.74, 6) is 0.112. The van der Waals surface area contributed by atoms with Crippen LogP contribution in [-0.2, 0) is 11.3 Å². The van der Waals surface area contributed by atoms with Crippen LogP contribution in [0.15, 0.2) is 34.9 Å². The molecule has 1 aromatic heterocycles. The van der Waals surface area contributed by atoms with Crippen molar-refractivity contribution in [1.29, 1.82) is 0 Å². The highest BCUT2D eigenvalue weighted by molar-refractivity contribution is 5.96. The van der Waals surface area contributed by atoms with Crippen molar-refractivity contribution in [2.75, 3.05) is 14.2 Å². The molecule has 1 amide bonds. The Hall–Kier alpha value is -2.63. The van der Waals surface area contributed by atoms with E-state index in [4.69, 9.17) is 4.52 Å². The number of hydrogen-bond acceptors (Lipinski definition) is 5. The number of nitrogens with zero attached hydrogens (tertiary/aromatic N) is 2. The van der Waals surface area contributed by atoms with Gasteiger partial charge in [-0.3, -0.25) is 4.79 Å². The molecule has 6 heteroatoms. The van der Waals surface area contributed by atoms with E-state index < -0.39 is 5.97 Å². The van der Waals surface area contributed by atoms with Crippen molar-refractivity contribution < 1.29 is 18.8 Å². The standard InChI is InChI=1S/C15H16N2O4/c1-10-8-13(16-21-10)9-17(2)14(18)11-4-6-12(7-5-11)15(19)20-3/h4-8H,9H2,1-3H3. The third-order valence-electron chi connectivity index (χ3n) is 2.98. The van der Waals surface area contributed by atoms with Gasteiger partial charge >= 0.3 is 5.97 Å². The maximum Gasteiger partial charge on any atom is 0.337 e. The van der Waals surface area contributed by atoms with Gasteiger partial charge < -0.3 is 14.2 Å². The minimum atomic E-state index is -0.430. The van der Waals surface area contributed by atoms with E-state index in [1.165, 1.54) is 12.0 Å². The summed E-state index contributed by atoms with van der Waals surface area (Å²) in [4.78, 5) is 25.1. The Labute approximate surface area is 122 Å². The van der Waals surface area contributed by atoms with Crippen LogP contribution in [0, 0.1) is 6.92 Å². The van der Waals surface area contributed by atoms with Crippen molar-refractivity contribution in [2.45, 2.75) is 13.5 Å². The molecule has 0 fully saturated rings. The molecule has 0 N–H and O–H groups in total. The second kappa shape index (κ2) is 6.21. The largest absolute Gasteiger partial charge is 0.465 e. The van der Waals surface area contributed by atoms with Crippen LogP contribution in [0.4, 0.5) is 0 Å². The number of esters is 1. The zero-order chi connectivity index (χ0) is 15.4. The summed E-state index contributed by atoms with van der Waals surface area (Å²) in [7, 11) is 3.00.